The Balaban J connectivity index is 2.86. The van der Waals surface area contributed by atoms with E-state index in [1.807, 2.05) is 13.1 Å². The molecule has 90 valence electrons. The fourth-order valence-corrected chi connectivity index (χ4v) is 1.44. The molecule has 0 saturated heterocycles. The van der Waals surface area contributed by atoms with E-state index in [-0.39, 0.29) is 0 Å². The third kappa shape index (κ3) is 3.36. The number of anilines is 2. The van der Waals surface area contributed by atoms with E-state index in [1.165, 1.54) is 6.42 Å². The molecule has 0 saturated carbocycles. The normalized spacial score (nSPS) is 10.8. The Morgan fingerprint density at radius 2 is 2.06 bits per heavy atom. The molecule has 4 heteroatoms. The molecule has 0 aliphatic carbocycles. The monoisotopic (exact) mass is 222 g/mol. The smallest absolute Gasteiger partial charge is 0.135 e. The van der Waals surface area contributed by atoms with Crippen molar-refractivity contribution in [1.29, 1.82) is 0 Å². The molecular weight excluding hydrogens is 200 g/mol. The van der Waals surface area contributed by atoms with Crippen molar-refractivity contribution in [2.45, 2.75) is 39.5 Å². The van der Waals surface area contributed by atoms with Gasteiger partial charge in [0, 0.05) is 25.6 Å². The average Bonchev–Trinajstić information content (AvgIpc) is 2.24. The van der Waals surface area contributed by atoms with E-state index in [2.05, 4.69) is 35.6 Å². The number of rotatable bonds is 5. The predicted octanol–water partition coefficient (Wildman–Crippen LogP) is 2.42. The summed E-state index contributed by atoms with van der Waals surface area (Å²) >= 11 is 0. The minimum atomic E-state index is 0.307. The lowest BCUT2D eigenvalue weighted by atomic mass is 10.2. The first kappa shape index (κ1) is 12.7. The van der Waals surface area contributed by atoms with Crippen LogP contribution in [0.5, 0.6) is 0 Å². The molecule has 1 rings (SSSR count). The van der Waals surface area contributed by atoms with Crippen molar-refractivity contribution in [3.63, 3.8) is 0 Å². The number of nitrogens with zero attached hydrogens (tertiary/aromatic N) is 3. The first-order valence-electron chi connectivity index (χ1n) is 5.90. The number of hydrogen-bond donors (Lipinski definition) is 1. The molecule has 1 heterocycles. The zero-order valence-corrected chi connectivity index (χ0v) is 10.7. The summed E-state index contributed by atoms with van der Waals surface area (Å²) in [6.07, 6.45) is 2.35. The van der Waals surface area contributed by atoms with Crippen LogP contribution in [0.1, 0.15) is 45.4 Å². The zero-order chi connectivity index (χ0) is 12.1. The van der Waals surface area contributed by atoms with E-state index in [4.69, 9.17) is 5.73 Å². The molecule has 2 N–H and O–H groups in total. The summed E-state index contributed by atoms with van der Waals surface area (Å²) in [6.45, 7) is 7.33. The number of nitrogen functional groups attached to an aromatic ring is 1. The molecule has 0 aliphatic heterocycles. The van der Waals surface area contributed by atoms with Gasteiger partial charge in [-0.05, 0) is 6.42 Å². The summed E-state index contributed by atoms with van der Waals surface area (Å²) in [5.41, 5.74) is 5.79. The van der Waals surface area contributed by atoms with Gasteiger partial charge >= 0.3 is 0 Å². The SMILES string of the molecule is CCCCN(C)c1cc(N)nc(C(C)C)n1. The third-order valence-electron chi connectivity index (χ3n) is 2.50. The topological polar surface area (TPSA) is 55.0 Å². The molecule has 0 aliphatic rings. The lowest BCUT2D eigenvalue weighted by Crippen LogP contribution is -2.21. The Bertz CT molecular complexity index is 336. The average molecular weight is 222 g/mol. The van der Waals surface area contributed by atoms with Crippen molar-refractivity contribution in [3.8, 4) is 0 Å². The second kappa shape index (κ2) is 5.68. The fraction of sp³-hybridized carbons (Fsp3) is 0.667. The first-order chi connectivity index (χ1) is 7.54. The van der Waals surface area contributed by atoms with Gasteiger partial charge in [0.2, 0.25) is 0 Å². The van der Waals surface area contributed by atoms with Crippen molar-refractivity contribution in [1.82, 2.24) is 9.97 Å². The van der Waals surface area contributed by atoms with Gasteiger partial charge in [-0.25, -0.2) is 9.97 Å². The van der Waals surface area contributed by atoms with Crippen LogP contribution < -0.4 is 10.6 Å². The van der Waals surface area contributed by atoms with Crippen LogP contribution in [-0.4, -0.2) is 23.6 Å². The summed E-state index contributed by atoms with van der Waals surface area (Å²) in [7, 11) is 2.04. The Hall–Kier alpha value is -1.32. The highest BCUT2D eigenvalue weighted by Crippen LogP contribution is 2.17. The van der Waals surface area contributed by atoms with Crippen LogP contribution in [0.3, 0.4) is 0 Å². The molecule has 0 amide bonds. The van der Waals surface area contributed by atoms with Crippen LogP contribution in [0.15, 0.2) is 6.07 Å². The maximum atomic E-state index is 5.79. The van der Waals surface area contributed by atoms with E-state index < -0.39 is 0 Å². The van der Waals surface area contributed by atoms with Crippen LogP contribution >= 0.6 is 0 Å². The second-order valence-corrected chi connectivity index (χ2v) is 4.44. The van der Waals surface area contributed by atoms with Crippen LogP contribution in [0.2, 0.25) is 0 Å². The number of hydrogen-bond acceptors (Lipinski definition) is 4. The van der Waals surface area contributed by atoms with Crippen LogP contribution in [0.4, 0.5) is 11.6 Å². The van der Waals surface area contributed by atoms with Crippen LogP contribution in [0.25, 0.3) is 0 Å². The molecule has 4 nitrogen and oxygen atoms in total. The Labute approximate surface area is 97.9 Å². The quantitative estimate of drug-likeness (QED) is 0.831. The van der Waals surface area contributed by atoms with Crippen molar-refractivity contribution in [3.05, 3.63) is 11.9 Å². The Morgan fingerprint density at radius 1 is 1.38 bits per heavy atom. The van der Waals surface area contributed by atoms with E-state index in [9.17, 15) is 0 Å². The highest BCUT2D eigenvalue weighted by atomic mass is 15.2. The van der Waals surface area contributed by atoms with Crippen LogP contribution in [-0.2, 0) is 0 Å². The number of aromatic nitrogens is 2. The van der Waals surface area contributed by atoms with E-state index in [0.717, 1.165) is 24.6 Å². The number of nitrogens with two attached hydrogens (primary N) is 1. The molecule has 0 atom stereocenters. The summed E-state index contributed by atoms with van der Waals surface area (Å²) in [6, 6.07) is 1.83. The largest absolute Gasteiger partial charge is 0.384 e. The minimum absolute atomic E-state index is 0.307. The fourth-order valence-electron chi connectivity index (χ4n) is 1.44. The lowest BCUT2D eigenvalue weighted by molar-refractivity contribution is 0.737. The summed E-state index contributed by atoms with van der Waals surface area (Å²) in [4.78, 5) is 10.9. The molecular formula is C12H22N4. The maximum Gasteiger partial charge on any atom is 0.135 e. The van der Waals surface area contributed by atoms with Gasteiger partial charge in [-0.15, -0.1) is 0 Å². The van der Waals surface area contributed by atoms with Crippen molar-refractivity contribution >= 4 is 11.6 Å². The molecule has 0 fully saturated rings. The van der Waals surface area contributed by atoms with Crippen LogP contribution in [0, 0.1) is 0 Å². The maximum absolute atomic E-state index is 5.79. The Morgan fingerprint density at radius 3 is 2.62 bits per heavy atom. The molecule has 0 radical (unpaired) electrons. The first-order valence-corrected chi connectivity index (χ1v) is 5.90. The van der Waals surface area contributed by atoms with Gasteiger partial charge in [0.1, 0.15) is 17.5 Å². The molecule has 0 bridgehead atoms. The lowest BCUT2D eigenvalue weighted by Gasteiger charge is -2.19. The summed E-state index contributed by atoms with van der Waals surface area (Å²) in [5.74, 6) is 2.60. The van der Waals surface area contributed by atoms with Gasteiger partial charge in [0.15, 0.2) is 0 Å². The standard InChI is InChI=1S/C12H22N4/c1-5-6-7-16(4)11-8-10(13)14-12(15-11)9(2)3/h8-9H,5-7H2,1-4H3,(H2,13,14,15). The number of unbranched alkanes of at least 4 members (excludes halogenated alkanes) is 1. The molecule has 0 unspecified atom stereocenters. The van der Waals surface area contributed by atoms with Crippen molar-refractivity contribution < 1.29 is 0 Å². The Kier molecular flexibility index (Phi) is 4.52. The highest BCUT2D eigenvalue weighted by molar-refractivity contribution is 5.46. The third-order valence-corrected chi connectivity index (χ3v) is 2.50. The van der Waals surface area contributed by atoms with Gasteiger partial charge in [0.25, 0.3) is 0 Å². The van der Waals surface area contributed by atoms with Gasteiger partial charge in [0.05, 0.1) is 0 Å². The molecule has 1 aromatic heterocycles. The predicted molar refractivity (Wildman–Crippen MR) is 68.7 cm³/mol. The molecule has 0 aromatic carbocycles. The van der Waals surface area contributed by atoms with Crippen molar-refractivity contribution in [2.75, 3.05) is 24.2 Å². The van der Waals surface area contributed by atoms with Gasteiger partial charge in [-0.1, -0.05) is 27.2 Å². The molecule has 1 aromatic rings. The zero-order valence-electron chi connectivity index (χ0n) is 10.7. The van der Waals surface area contributed by atoms with E-state index in [1.54, 1.807) is 0 Å². The van der Waals surface area contributed by atoms with E-state index in [0.29, 0.717) is 11.7 Å². The molecule has 16 heavy (non-hydrogen) atoms. The molecule has 0 spiro atoms. The summed E-state index contributed by atoms with van der Waals surface area (Å²) in [5, 5.41) is 0. The second-order valence-electron chi connectivity index (χ2n) is 4.44. The van der Waals surface area contributed by atoms with E-state index >= 15 is 0 Å². The van der Waals surface area contributed by atoms with Gasteiger partial charge < -0.3 is 10.6 Å². The summed E-state index contributed by atoms with van der Waals surface area (Å²) < 4.78 is 0. The van der Waals surface area contributed by atoms with Crippen molar-refractivity contribution in [2.24, 2.45) is 0 Å². The van der Waals surface area contributed by atoms with Gasteiger partial charge in [-0.2, -0.15) is 0 Å². The highest BCUT2D eigenvalue weighted by Gasteiger charge is 2.09. The van der Waals surface area contributed by atoms with Gasteiger partial charge in [-0.3, -0.25) is 0 Å². The minimum Gasteiger partial charge on any atom is -0.384 e.